The highest BCUT2D eigenvalue weighted by atomic mass is 31.2. The molecule has 0 aliphatic heterocycles. The molecule has 1 aliphatic rings. The Balaban J connectivity index is 1.88. The number of carbonyl (C=O) groups excluding carboxylic acids is 2. The normalized spacial score (nSPS) is 15.0. The molecule has 0 unspecified atom stereocenters. The highest BCUT2D eigenvalue weighted by molar-refractivity contribution is 7.48. The van der Waals surface area contributed by atoms with Crippen LogP contribution in [0.3, 0.4) is 0 Å². The number of benzene rings is 2. The molecule has 6 nitrogen and oxygen atoms in total. The molecule has 3 rings (SSSR count). The van der Waals surface area contributed by atoms with Gasteiger partial charge in [-0.2, -0.15) is 0 Å². The molecule has 0 saturated carbocycles. The van der Waals surface area contributed by atoms with Crippen LogP contribution in [0.2, 0.25) is 0 Å². The number of carbonyl (C=O) groups is 2. The summed E-state index contributed by atoms with van der Waals surface area (Å²) in [5.41, 5.74) is 0.0853. The van der Waals surface area contributed by atoms with Gasteiger partial charge in [0.1, 0.15) is 0 Å². The molecule has 0 atom stereocenters. The van der Waals surface area contributed by atoms with Gasteiger partial charge in [0.05, 0.1) is 17.8 Å². The molecule has 0 radical (unpaired) electrons. The Morgan fingerprint density at radius 1 is 0.767 bits per heavy atom. The fraction of sp³-hybridized carbons (Fsp3) is 0.391. The summed E-state index contributed by atoms with van der Waals surface area (Å²) >= 11 is 0. The third-order valence-electron chi connectivity index (χ3n) is 4.12. The molecule has 7 heteroatoms. The standard InChI is InChI=1S/C23H27O6P/c1-22(2,3)28-30(26,29-23(4,5)6)27-14-15-7-8-16-12-18-19(13-17(16)11-15)21(25)10-9-20(18)24/h7-13H,14H2,1-6H3. The summed E-state index contributed by atoms with van der Waals surface area (Å²) in [5.74, 6) is -0.381. The number of phosphoric ester groups is 1. The minimum atomic E-state index is -3.83. The van der Waals surface area contributed by atoms with Crippen molar-refractivity contribution in [1.29, 1.82) is 0 Å². The first kappa shape index (κ1) is 22.6. The predicted molar refractivity (Wildman–Crippen MR) is 116 cm³/mol. The molecule has 0 N–H and O–H groups in total. The maximum atomic E-state index is 13.2. The van der Waals surface area contributed by atoms with Crippen molar-refractivity contribution in [2.24, 2.45) is 0 Å². The van der Waals surface area contributed by atoms with Gasteiger partial charge in [-0.25, -0.2) is 4.57 Å². The fourth-order valence-electron chi connectivity index (χ4n) is 3.07. The number of allylic oxidation sites excluding steroid dienone is 2. The van der Waals surface area contributed by atoms with Crippen molar-refractivity contribution in [3.8, 4) is 0 Å². The average Bonchev–Trinajstić information content (AvgIpc) is 2.59. The van der Waals surface area contributed by atoms with Crippen LogP contribution in [0, 0.1) is 0 Å². The monoisotopic (exact) mass is 430 g/mol. The lowest BCUT2D eigenvalue weighted by Gasteiger charge is -2.30. The topological polar surface area (TPSA) is 78.9 Å². The first-order valence-electron chi connectivity index (χ1n) is 9.74. The Morgan fingerprint density at radius 3 is 1.77 bits per heavy atom. The highest BCUT2D eigenvalue weighted by Crippen LogP contribution is 2.55. The molecule has 0 spiro atoms. The van der Waals surface area contributed by atoms with E-state index < -0.39 is 19.0 Å². The quantitative estimate of drug-likeness (QED) is 0.539. The van der Waals surface area contributed by atoms with E-state index in [-0.39, 0.29) is 18.2 Å². The van der Waals surface area contributed by atoms with Crippen LogP contribution in [0.25, 0.3) is 10.8 Å². The van der Waals surface area contributed by atoms with Crippen LogP contribution in [0.1, 0.15) is 67.8 Å². The van der Waals surface area contributed by atoms with Crippen molar-refractivity contribution in [3.63, 3.8) is 0 Å². The molecule has 0 fully saturated rings. The number of phosphoric acid groups is 1. The molecule has 0 heterocycles. The third-order valence-corrected chi connectivity index (χ3v) is 6.11. The molecule has 2 aromatic rings. The molecular formula is C23H27O6P. The Labute approximate surface area is 176 Å². The molecule has 30 heavy (non-hydrogen) atoms. The molecule has 0 bridgehead atoms. The van der Waals surface area contributed by atoms with Gasteiger partial charge in [0.25, 0.3) is 0 Å². The largest absolute Gasteiger partial charge is 0.476 e. The molecule has 2 aromatic carbocycles. The van der Waals surface area contributed by atoms with Crippen LogP contribution in [-0.2, 0) is 24.7 Å². The summed E-state index contributed by atoms with van der Waals surface area (Å²) in [6.07, 6.45) is 2.58. The lowest BCUT2D eigenvalue weighted by molar-refractivity contribution is 0.000837. The van der Waals surface area contributed by atoms with Crippen LogP contribution in [0.5, 0.6) is 0 Å². The predicted octanol–water partition coefficient (Wildman–Crippen LogP) is 6.03. The van der Waals surface area contributed by atoms with Gasteiger partial charge in [-0.3, -0.25) is 23.2 Å². The van der Waals surface area contributed by atoms with E-state index in [1.54, 1.807) is 53.7 Å². The highest BCUT2D eigenvalue weighted by Gasteiger charge is 2.37. The molecule has 160 valence electrons. The van der Waals surface area contributed by atoms with Crippen LogP contribution in [0.15, 0.2) is 42.5 Å². The van der Waals surface area contributed by atoms with Crippen molar-refractivity contribution >= 4 is 30.2 Å². The number of hydrogen-bond acceptors (Lipinski definition) is 6. The van der Waals surface area contributed by atoms with Crippen LogP contribution < -0.4 is 0 Å². The summed E-state index contributed by atoms with van der Waals surface area (Å²) < 4.78 is 30.1. The second kappa shape index (κ2) is 7.86. The summed E-state index contributed by atoms with van der Waals surface area (Å²) in [5, 5.41) is 1.61. The van der Waals surface area contributed by atoms with Gasteiger partial charge in [0.15, 0.2) is 11.6 Å². The van der Waals surface area contributed by atoms with Gasteiger partial charge in [0.2, 0.25) is 0 Å². The van der Waals surface area contributed by atoms with Crippen LogP contribution >= 0.6 is 7.82 Å². The summed E-state index contributed by atoms with van der Waals surface area (Å²) in [6, 6.07) is 8.91. The molecule has 0 saturated heterocycles. The number of fused-ring (bicyclic) bond motifs is 2. The maximum Gasteiger partial charge on any atom is 0.476 e. The van der Waals surface area contributed by atoms with E-state index >= 15 is 0 Å². The van der Waals surface area contributed by atoms with E-state index in [4.69, 9.17) is 13.6 Å². The van der Waals surface area contributed by atoms with Crippen molar-refractivity contribution in [2.45, 2.75) is 59.4 Å². The number of rotatable bonds is 5. The smallest absolute Gasteiger partial charge is 0.289 e. The minimum absolute atomic E-state index is 0.00322. The number of hydrogen-bond donors (Lipinski definition) is 0. The third kappa shape index (κ3) is 5.52. The van der Waals surface area contributed by atoms with Crippen molar-refractivity contribution in [2.75, 3.05) is 0 Å². The molecule has 0 aromatic heterocycles. The lowest BCUT2D eigenvalue weighted by Crippen LogP contribution is -2.24. The van der Waals surface area contributed by atoms with Crippen molar-refractivity contribution in [3.05, 3.63) is 59.2 Å². The van der Waals surface area contributed by atoms with Gasteiger partial charge in [0, 0.05) is 11.1 Å². The van der Waals surface area contributed by atoms with E-state index in [0.29, 0.717) is 11.1 Å². The summed E-state index contributed by atoms with van der Waals surface area (Å²) in [6.45, 7) is 10.7. The zero-order valence-electron chi connectivity index (χ0n) is 18.1. The molecule has 1 aliphatic carbocycles. The van der Waals surface area contributed by atoms with Crippen molar-refractivity contribution < 1.29 is 27.7 Å². The Bertz CT molecular complexity index is 1070. The Kier molecular flexibility index (Phi) is 5.91. The SMILES string of the molecule is CC(C)(C)OP(=O)(OCc1ccc2cc3c(cc2c1)C(=O)C=CC3=O)OC(C)(C)C. The minimum Gasteiger partial charge on any atom is -0.289 e. The number of ketones is 2. The zero-order chi connectivity index (χ0) is 22.3. The van der Waals surface area contributed by atoms with Crippen LogP contribution in [0.4, 0.5) is 0 Å². The van der Waals surface area contributed by atoms with E-state index in [1.165, 1.54) is 12.2 Å². The van der Waals surface area contributed by atoms with Gasteiger partial charge in [-0.1, -0.05) is 12.1 Å². The average molecular weight is 430 g/mol. The Hall–Kier alpha value is -2.11. The molecule has 0 amide bonds. The van der Waals surface area contributed by atoms with Crippen LogP contribution in [-0.4, -0.2) is 22.8 Å². The summed E-state index contributed by atoms with van der Waals surface area (Å²) in [7, 11) is -3.83. The van der Waals surface area contributed by atoms with E-state index in [9.17, 15) is 14.2 Å². The van der Waals surface area contributed by atoms with E-state index in [1.807, 2.05) is 18.2 Å². The second-order valence-electron chi connectivity index (χ2n) is 9.27. The zero-order valence-corrected chi connectivity index (χ0v) is 19.0. The van der Waals surface area contributed by atoms with Gasteiger partial charge in [-0.15, -0.1) is 0 Å². The second-order valence-corrected chi connectivity index (χ2v) is 10.8. The summed E-state index contributed by atoms with van der Waals surface area (Å²) in [4.78, 5) is 24.2. The Morgan fingerprint density at radius 2 is 1.27 bits per heavy atom. The van der Waals surface area contributed by atoms with Gasteiger partial charge >= 0.3 is 7.82 Å². The fourth-order valence-corrected chi connectivity index (χ4v) is 4.86. The lowest BCUT2D eigenvalue weighted by atomic mass is 9.91. The molecular weight excluding hydrogens is 403 g/mol. The van der Waals surface area contributed by atoms with Crippen molar-refractivity contribution in [1.82, 2.24) is 0 Å². The van der Waals surface area contributed by atoms with Gasteiger partial charge < -0.3 is 0 Å². The first-order chi connectivity index (χ1) is 13.7. The maximum absolute atomic E-state index is 13.2. The van der Waals surface area contributed by atoms with Gasteiger partial charge in [-0.05, 0) is 88.2 Å². The van der Waals surface area contributed by atoms with E-state index in [2.05, 4.69) is 0 Å². The van der Waals surface area contributed by atoms with E-state index in [0.717, 1.165) is 16.3 Å². The first-order valence-corrected chi connectivity index (χ1v) is 11.2.